The van der Waals surface area contributed by atoms with E-state index in [2.05, 4.69) is 4.90 Å². The van der Waals surface area contributed by atoms with Crippen LogP contribution in [0.4, 0.5) is 10.1 Å². The summed E-state index contributed by atoms with van der Waals surface area (Å²) < 4.78 is 13.6. The van der Waals surface area contributed by atoms with Gasteiger partial charge < -0.3 is 10.0 Å². The predicted molar refractivity (Wildman–Crippen MR) is 67.8 cm³/mol. The van der Waals surface area contributed by atoms with Gasteiger partial charge in [0, 0.05) is 24.3 Å². The van der Waals surface area contributed by atoms with Crippen molar-refractivity contribution in [3.05, 3.63) is 29.1 Å². The van der Waals surface area contributed by atoms with Gasteiger partial charge >= 0.3 is 0 Å². The molecule has 0 aliphatic carbocycles. The van der Waals surface area contributed by atoms with E-state index in [1.807, 2.05) is 6.07 Å². The molecule has 0 aromatic heterocycles. The van der Waals surface area contributed by atoms with E-state index in [-0.39, 0.29) is 5.82 Å². The van der Waals surface area contributed by atoms with E-state index in [0.717, 1.165) is 18.8 Å². The van der Waals surface area contributed by atoms with Gasteiger partial charge in [0.2, 0.25) is 0 Å². The molecule has 94 valence electrons. The maximum Gasteiger partial charge on any atom is 0.126 e. The molecule has 0 saturated carbocycles. The Morgan fingerprint density at radius 3 is 2.47 bits per heavy atom. The van der Waals surface area contributed by atoms with Crippen LogP contribution < -0.4 is 4.90 Å². The summed E-state index contributed by atoms with van der Waals surface area (Å²) in [5.41, 5.74) is 2.35. The number of aliphatic hydroxyl groups excluding tert-OH is 1. The zero-order valence-corrected chi connectivity index (χ0v) is 10.5. The van der Waals surface area contributed by atoms with Crippen LogP contribution in [0.2, 0.25) is 0 Å². The molecule has 0 amide bonds. The molecule has 2 rings (SSSR count). The van der Waals surface area contributed by atoms with E-state index >= 15 is 0 Å². The van der Waals surface area contributed by atoms with Crippen molar-refractivity contribution in [3.8, 4) is 0 Å². The smallest absolute Gasteiger partial charge is 0.126 e. The van der Waals surface area contributed by atoms with E-state index < -0.39 is 6.10 Å². The molecule has 17 heavy (non-hydrogen) atoms. The second-order valence-corrected chi connectivity index (χ2v) is 4.88. The molecule has 1 aromatic carbocycles. The molecular formula is C14H20FNO. The lowest BCUT2D eigenvalue weighted by Crippen LogP contribution is -2.30. The fourth-order valence-electron chi connectivity index (χ4n) is 2.42. The Hall–Kier alpha value is -1.09. The Kier molecular flexibility index (Phi) is 3.67. The summed E-state index contributed by atoms with van der Waals surface area (Å²) in [5.74, 6) is -0.235. The molecule has 1 aliphatic heterocycles. The van der Waals surface area contributed by atoms with Gasteiger partial charge in [0.05, 0.1) is 6.10 Å². The predicted octanol–water partition coefficient (Wildman–Crippen LogP) is 3.18. The number of nitrogens with zero attached hydrogens (tertiary/aromatic N) is 1. The van der Waals surface area contributed by atoms with Crippen molar-refractivity contribution < 1.29 is 9.50 Å². The highest BCUT2D eigenvalue weighted by Crippen LogP contribution is 2.31. The minimum atomic E-state index is -0.623. The van der Waals surface area contributed by atoms with Crippen molar-refractivity contribution in [2.75, 3.05) is 18.0 Å². The quantitative estimate of drug-likeness (QED) is 0.854. The lowest BCUT2D eigenvalue weighted by Gasteiger charge is -2.31. The fraction of sp³-hybridized carbons (Fsp3) is 0.571. The van der Waals surface area contributed by atoms with Gasteiger partial charge in [-0.3, -0.25) is 0 Å². The van der Waals surface area contributed by atoms with Crippen LogP contribution >= 0.6 is 0 Å². The number of halogens is 1. The maximum atomic E-state index is 13.6. The summed E-state index contributed by atoms with van der Waals surface area (Å²) in [6.07, 6.45) is 2.99. The molecular weight excluding hydrogens is 217 g/mol. The third kappa shape index (κ3) is 2.60. The number of hydrogen-bond donors (Lipinski definition) is 1. The summed E-state index contributed by atoms with van der Waals surface area (Å²) in [6.45, 7) is 5.47. The highest BCUT2D eigenvalue weighted by atomic mass is 19.1. The van der Waals surface area contributed by atoms with E-state index in [1.165, 1.54) is 25.3 Å². The number of rotatable bonds is 2. The number of anilines is 1. The summed E-state index contributed by atoms with van der Waals surface area (Å²) >= 11 is 0. The molecule has 1 aliphatic rings. The number of aliphatic hydroxyl groups is 1. The van der Waals surface area contributed by atoms with E-state index in [9.17, 15) is 9.50 Å². The van der Waals surface area contributed by atoms with Gasteiger partial charge in [-0.15, -0.1) is 0 Å². The molecule has 1 heterocycles. The van der Waals surface area contributed by atoms with Crippen LogP contribution in [-0.2, 0) is 0 Å². The third-order valence-electron chi connectivity index (χ3n) is 3.45. The van der Waals surface area contributed by atoms with Gasteiger partial charge in [-0.25, -0.2) is 4.39 Å². The molecule has 1 saturated heterocycles. The van der Waals surface area contributed by atoms with Crippen LogP contribution in [-0.4, -0.2) is 18.2 Å². The van der Waals surface area contributed by atoms with Crippen molar-refractivity contribution in [1.82, 2.24) is 0 Å². The summed E-state index contributed by atoms with van der Waals surface area (Å²) in [6, 6.07) is 3.34. The Labute approximate surface area is 102 Å². The largest absolute Gasteiger partial charge is 0.389 e. The zero-order valence-electron chi connectivity index (χ0n) is 10.5. The molecule has 0 radical (unpaired) electrons. The minimum Gasteiger partial charge on any atom is -0.389 e. The lowest BCUT2D eigenvalue weighted by molar-refractivity contribution is 0.199. The molecule has 0 spiro atoms. The van der Waals surface area contributed by atoms with Crippen LogP contribution in [0.1, 0.15) is 43.4 Å². The van der Waals surface area contributed by atoms with Gasteiger partial charge in [-0.05, 0) is 50.8 Å². The van der Waals surface area contributed by atoms with Gasteiger partial charge in [0.1, 0.15) is 5.82 Å². The molecule has 0 bridgehead atoms. The van der Waals surface area contributed by atoms with Crippen LogP contribution in [0.3, 0.4) is 0 Å². The fourth-order valence-corrected chi connectivity index (χ4v) is 2.42. The normalized spacial score (nSPS) is 18.2. The third-order valence-corrected chi connectivity index (χ3v) is 3.45. The first-order chi connectivity index (χ1) is 8.09. The molecule has 0 unspecified atom stereocenters. The molecule has 1 aromatic rings. The average Bonchev–Trinajstić information content (AvgIpc) is 2.33. The van der Waals surface area contributed by atoms with Crippen LogP contribution in [0.15, 0.2) is 12.1 Å². The lowest BCUT2D eigenvalue weighted by atomic mass is 10.0. The minimum absolute atomic E-state index is 0.235. The molecule has 3 heteroatoms. The Balaban J connectivity index is 2.39. The van der Waals surface area contributed by atoms with Gasteiger partial charge in [0.15, 0.2) is 0 Å². The highest BCUT2D eigenvalue weighted by molar-refractivity contribution is 5.57. The van der Waals surface area contributed by atoms with E-state index in [0.29, 0.717) is 11.1 Å². The van der Waals surface area contributed by atoms with Crippen molar-refractivity contribution in [3.63, 3.8) is 0 Å². The van der Waals surface area contributed by atoms with Crippen LogP contribution in [0.25, 0.3) is 0 Å². The van der Waals surface area contributed by atoms with E-state index in [4.69, 9.17) is 0 Å². The Bertz CT molecular complexity index is 397. The number of aryl methyl sites for hydroxylation is 1. The summed E-state index contributed by atoms with van der Waals surface area (Å²) in [5, 5.41) is 9.76. The number of piperidine rings is 1. The summed E-state index contributed by atoms with van der Waals surface area (Å²) in [4.78, 5) is 2.26. The topological polar surface area (TPSA) is 23.5 Å². The number of benzene rings is 1. The second-order valence-electron chi connectivity index (χ2n) is 4.88. The average molecular weight is 237 g/mol. The van der Waals surface area contributed by atoms with Gasteiger partial charge in [-0.1, -0.05) is 0 Å². The van der Waals surface area contributed by atoms with Crippen LogP contribution in [0.5, 0.6) is 0 Å². The molecule has 1 fully saturated rings. The first-order valence-corrected chi connectivity index (χ1v) is 6.32. The molecule has 1 N–H and O–H groups in total. The van der Waals surface area contributed by atoms with Crippen molar-refractivity contribution in [1.29, 1.82) is 0 Å². The molecule has 2 nitrogen and oxygen atoms in total. The Morgan fingerprint density at radius 1 is 1.24 bits per heavy atom. The highest BCUT2D eigenvalue weighted by Gasteiger charge is 2.18. The first-order valence-electron chi connectivity index (χ1n) is 6.32. The summed E-state index contributed by atoms with van der Waals surface area (Å²) in [7, 11) is 0. The number of hydrogen-bond acceptors (Lipinski definition) is 2. The SMILES string of the molecule is Cc1cc(N2CCCCC2)c([C@@H](C)O)cc1F. The van der Waals surface area contributed by atoms with Crippen molar-refractivity contribution >= 4 is 5.69 Å². The van der Waals surface area contributed by atoms with Crippen LogP contribution in [0, 0.1) is 12.7 Å². The standard InChI is InChI=1S/C14H20FNO/c1-10-8-14(16-6-4-3-5-7-16)12(11(2)17)9-13(10)15/h8-9,11,17H,3-7H2,1-2H3/t11-/m1/s1. The second kappa shape index (κ2) is 5.05. The maximum absolute atomic E-state index is 13.6. The first kappa shape index (κ1) is 12.4. The van der Waals surface area contributed by atoms with Crippen molar-refractivity contribution in [2.45, 2.75) is 39.2 Å². The Morgan fingerprint density at radius 2 is 1.88 bits per heavy atom. The zero-order chi connectivity index (χ0) is 12.4. The van der Waals surface area contributed by atoms with Gasteiger partial charge in [-0.2, -0.15) is 0 Å². The van der Waals surface area contributed by atoms with Gasteiger partial charge in [0.25, 0.3) is 0 Å². The monoisotopic (exact) mass is 237 g/mol. The van der Waals surface area contributed by atoms with E-state index in [1.54, 1.807) is 13.8 Å². The molecule has 1 atom stereocenters. The van der Waals surface area contributed by atoms with Crippen molar-refractivity contribution in [2.24, 2.45) is 0 Å².